The average molecular weight is 315 g/mol. The molecule has 0 spiro atoms. The van der Waals surface area contributed by atoms with E-state index in [1.165, 1.54) is 11.1 Å². The van der Waals surface area contributed by atoms with Gasteiger partial charge in [-0.25, -0.2) is 0 Å². The Morgan fingerprint density at radius 3 is 2.37 bits per heavy atom. The van der Waals surface area contributed by atoms with E-state index in [-0.39, 0.29) is 0 Å². The van der Waals surface area contributed by atoms with Crippen molar-refractivity contribution in [1.29, 1.82) is 0 Å². The minimum atomic E-state index is 0.469. The fourth-order valence-corrected chi connectivity index (χ4v) is 2.49. The SMILES string of the molecule is Cc1ccccc1CCNc1cc(Cl)c(Cl)cc1Cl. The van der Waals surface area contributed by atoms with Crippen molar-refractivity contribution >= 4 is 40.5 Å². The lowest BCUT2D eigenvalue weighted by Crippen LogP contribution is -2.06. The molecular weight excluding hydrogens is 301 g/mol. The van der Waals surface area contributed by atoms with Gasteiger partial charge in [0.25, 0.3) is 0 Å². The summed E-state index contributed by atoms with van der Waals surface area (Å²) in [5.41, 5.74) is 3.43. The average Bonchev–Trinajstić information content (AvgIpc) is 2.38. The Balaban J connectivity index is 2.00. The second-order valence-electron chi connectivity index (χ2n) is 4.35. The van der Waals surface area contributed by atoms with Crippen LogP contribution in [0.2, 0.25) is 15.1 Å². The van der Waals surface area contributed by atoms with Crippen LogP contribution in [-0.4, -0.2) is 6.54 Å². The van der Waals surface area contributed by atoms with Crippen molar-refractivity contribution in [3.63, 3.8) is 0 Å². The van der Waals surface area contributed by atoms with Gasteiger partial charge < -0.3 is 5.32 Å². The number of nitrogens with one attached hydrogen (secondary N) is 1. The summed E-state index contributed by atoms with van der Waals surface area (Å²) in [6.07, 6.45) is 0.934. The Bertz CT molecular complexity index is 582. The van der Waals surface area contributed by atoms with Gasteiger partial charge in [0, 0.05) is 6.54 Å². The molecule has 2 aromatic rings. The van der Waals surface area contributed by atoms with Crippen molar-refractivity contribution in [2.75, 3.05) is 11.9 Å². The lowest BCUT2D eigenvalue weighted by Gasteiger charge is -2.11. The largest absolute Gasteiger partial charge is 0.383 e. The summed E-state index contributed by atoms with van der Waals surface area (Å²) in [5, 5.41) is 4.84. The molecule has 0 amide bonds. The number of anilines is 1. The summed E-state index contributed by atoms with van der Waals surface area (Å²) < 4.78 is 0. The summed E-state index contributed by atoms with van der Waals surface area (Å²) in [4.78, 5) is 0. The first-order chi connectivity index (χ1) is 9.08. The van der Waals surface area contributed by atoms with Gasteiger partial charge in [-0.05, 0) is 36.6 Å². The molecule has 0 heterocycles. The number of hydrogen-bond acceptors (Lipinski definition) is 1. The lowest BCUT2D eigenvalue weighted by molar-refractivity contribution is 1.01. The molecule has 1 nitrogen and oxygen atoms in total. The molecule has 0 saturated carbocycles. The van der Waals surface area contributed by atoms with Crippen LogP contribution in [0.3, 0.4) is 0 Å². The summed E-state index contributed by atoms with van der Waals surface area (Å²) in [6, 6.07) is 11.7. The molecule has 0 aromatic heterocycles. The first-order valence-electron chi connectivity index (χ1n) is 6.01. The molecule has 4 heteroatoms. The number of benzene rings is 2. The molecule has 1 N–H and O–H groups in total. The fraction of sp³-hybridized carbons (Fsp3) is 0.200. The van der Waals surface area contributed by atoms with Crippen LogP contribution in [0.15, 0.2) is 36.4 Å². The Morgan fingerprint density at radius 1 is 0.947 bits per heavy atom. The predicted molar refractivity (Wildman–Crippen MR) is 84.8 cm³/mol. The van der Waals surface area contributed by atoms with Crippen LogP contribution in [0, 0.1) is 6.92 Å². The molecule has 0 saturated heterocycles. The van der Waals surface area contributed by atoms with Crippen LogP contribution < -0.4 is 5.32 Å². The monoisotopic (exact) mass is 313 g/mol. The molecule has 2 rings (SSSR count). The van der Waals surface area contributed by atoms with Crippen molar-refractivity contribution in [2.24, 2.45) is 0 Å². The minimum absolute atomic E-state index is 0.469. The molecule has 0 atom stereocenters. The zero-order valence-electron chi connectivity index (χ0n) is 10.5. The lowest BCUT2D eigenvalue weighted by atomic mass is 10.1. The summed E-state index contributed by atoms with van der Waals surface area (Å²) in [5.74, 6) is 0. The van der Waals surface area contributed by atoms with Crippen molar-refractivity contribution in [3.05, 3.63) is 62.6 Å². The van der Waals surface area contributed by atoms with Crippen LogP contribution in [0.25, 0.3) is 0 Å². The van der Waals surface area contributed by atoms with E-state index < -0.39 is 0 Å². The summed E-state index contributed by atoms with van der Waals surface area (Å²) in [6.45, 7) is 2.91. The molecule has 0 unspecified atom stereocenters. The number of hydrogen-bond donors (Lipinski definition) is 1. The molecular formula is C15H14Cl3N. The van der Waals surface area contributed by atoms with Crippen molar-refractivity contribution in [1.82, 2.24) is 0 Å². The normalized spacial score (nSPS) is 10.5. The van der Waals surface area contributed by atoms with Gasteiger partial charge in [-0.15, -0.1) is 0 Å². The van der Waals surface area contributed by atoms with Crippen LogP contribution in [-0.2, 0) is 6.42 Å². The van der Waals surface area contributed by atoms with Crippen molar-refractivity contribution in [2.45, 2.75) is 13.3 Å². The maximum Gasteiger partial charge on any atom is 0.0653 e. The topological polar surface area (TPSA) is 12.0 Å². The second-order valence-corrected chi connectivity index (χ2v) is 5.57. The van der Waals surface area contributed by atoms with Crippen LogP contribution in [0.1, 0.15) is 11.1 Å². The number of rotatable bonds is 4. The second kappa shape index (κ2) is 6.51. The highest BCUT2D eigenvalue weighted by atomic mass is 35.5. The first kappa shape index (κ1) is 14.5. The highest BCUT2D eigenvalue weighted by Gasteiger charge is 2.05. The maximum atomic E-state index is 6.11. The van der Waals surface area contributed by atoms with Crippen molar-refractivity contribution in [3.8, 4) is 0 Å². The summed E-state index contributed by atoms with van der Waals surface area (Å²) >= 11 is 18.0. The van der Waals surface area contributed by atoms with Gasteiger partial charge in [0.05, 0.1) is 20.8 Å². The Labute approximate surface area is 128 Å². The van der Waals surface area contributed by atoms with Crippen LogP contribution >= 0.6 is 34.8 Å². The highest BCUT2D eigenvalue weighted by Crippen LogP contribution is 2.32. The molecule has 2 aromatic carbocycles. The van der Waals surface area contributed by atoms with E-state index in [4.69, 9.17) is 34.8 Å². The molecule has 0 bridgehead atoms. The van der Waals surface area contributed by atoms with E-state index in [0.29, 0.717) is 15.1 Å². The molecule has 0 fully saturated rings. The highest BCUT2D eigenvalue weighted by molar-refractivity contribution is 6.44. The van der Waals surface area contributed by atoms with Gasteiger partial charge in [-0.3, -0.25) is 0 Å². The van der Waals surface area contributed by atoms with E-state index in [2.05, 4.69) is 30.4 Å². The molecule has 19 heavy (non-hydrogen) atoms. The van der Waals surface area contributed by atoms with Crippen molar-refractivity contribution < 1.29 is 0 Å². The Morgan fingerprint density at radius 2 is 1.63 bits per heavy atom. The van der Waals surface area contributed by atoms with Crippen LogP contribution in [0.4, 0.5) is 5.69 Å². The van der Waals surface area contributed by atoms with Gasteiger partial charge in [0.2, 0.25) is 0 Å². The predicted octanol–water partition coefficient (Wildman–Crippen LogP) is 5.61. The van der Waals surface area contributed by atoms with E-state index in [1.807, 2.05) is 6.07 Å². The third-order valence-electron chi connectivity index (χ3n) is 2.98. The number of aryl methyl sites for hydroxylation is 1. The van der Waals surface area contributed by atoms with E-state index in [1.54, 1.807) is 12.1 Å². The Kier molecular flexibility index (Phi) is 4.98. The van der Waals surface area contributed by atoms with Gasteiger partial charge in [0.15, 0.2) is 0 Å². The van der Waals surface area contributed by atoms with Gasteiger partial charge in [-0.1, -0.05) is 59.1 Å². The molecule has 0 radical (unpaired) electrons. The maximum absolute atomic E-state index is 6.11. The third kappa shape index (κ3) is 3.79. The standard InChI is InChI=1S/C15H14Cl3N/c1-10-4-2-3-5-11(10)6-7-19-15-9-13(17)12(16)8-14(15)18/h2-5,8-9,19H,6-7H2,1H3. The zero-order valence-corrected chi connectivity index (χ0v) is 12.8. The third-order valence-corrected chi connectivity index (χ3v) is 4.02. The molecule has 0 aliphatic heterocycles. The fourth-order valence-electron chi connectivity index (χ4n) is 1.88. The van der Waals surface area contributed by atoms with Gasteiger partial charge in [-0.2, -0.15) is 0 Å². The molecule has 0 aliphatic rings. The molecule has 0 aliphatic carbocycles. The summed E-state index contributed by atoms with van der Waals surface area (Å²) in [7, 11) is 0. The van der Waals surface area contributed by atoms with E-state index in [0.717, 1.165) is 18.7 Å². The quantitative estimate of drug-likeness (QED) is 0.723. The first-order valence-corrected chi connectivity index (χ1v) is 7.14. The Hall–Kier alpha value is -0.890. The van der Waals surface area contributed by atoms with Gasteiger partial charge in [0.1, 0.15) is 0 Å². The van der Waals surface area contributed by atoms with E-state index >= 15 is 0 Å². The van der Waals surface area contributed by atoms with Gasteiger partial charge >= 0.3 is 0 Å². The smallest absolute Gasteiger partial charge is 0.0653 e. The zero-order chi connectivity index (χ0) is 13.8. The molecule has 100 valence electrons. The number of halogens is 3. The minimum Gasteiger partial charge on any atom is -0.383 e. The van der Waals surface area contributed by atoms with Crippen LogP contribution in [0.5, 0.6) is 0 Å². The van der Waals surface area contributed by atoms with E-state index in [9.17, 15) is 0 Å².